The van der Waals surface area contributed by atoms with Gasteiger partial charge in [-0.3, -0.25) is 4.57 Å². The van der Waals surface area contributed by atoms with Crippen LogP contribution in [-0.2, 0) is 17.7 Å². The van der Waals surface area contributed by atoms with Crippen molar-refractivity contribution in [3.63, 3.8) is 0 Å². The minimum absolute atomic E-state index is 0.238. The predicted molar refractivity (Wildman–Crippen MR) is 88.9 cm³/mol. The van der Waals surface area contributed by atoms with Gasteiger partial charge in [-0.1, -0.05) is 28.1 Å². The van der Waals surface area contributed by atoms with Crippen LogP contribution in [-0.4, -0.2) is 35.5 Å². The van der Waals surface area contributed by atoms with Gasteiger partial charge >= 0.3 is 5.69 Å². The molecule has 1 saturated heterocycles. The molecule has 7 heteroatoms. The minimum atomic E-state index is -0.254. The van der Waals surface area contributed by atoms with Crippen molar-refractivity contribution in [2.24, 2.45) is 0 Å². The normalized spacial score (nSPS) is 18.8. The molecule has 120 valence electrons. The van der Waals surface area contributed by atoms with Crippen LogP contribution >= 0.6 is 15.9 Å². The molecule has 1 aromatic carbocycles. The number of hydrogen-bond acceptors (Lipinski definition) is 5. The molecule has 1 fully saturated rings. The quantitative estimate of drug-likeness (QED) is 0.812. The van der Waals surface area contributed by atoms with Gasteiger partial charge in [-0.15, -0.1) is 0 Å². The summed E-state index contributed by atoms with van der Waals surface area (Å²) < 4.78 is 13.9. The van der Waals surface area contributed by atoms with Gasteiger partial charge in [0.1, 0.15) is 12.5 Å². The number of hydrogen-bond donors (Lipinski definition) is 0. The van der Waals surface area contributed by atoms with Crippen LogP contribution in [0.5, 0.6) is 5.88 Å². The van der Waals surface area contributed by atoms with Crippen molar-refractivity contribution in [2.75, 3.05) is 24.8 Å². The molecular weight excluding hydrogens is 362 g/mol. The summed E-state index contributed by atoms with van der Waals surface area (Å²) in [5.74, 6) is 1.22. The Kier molecular flexibility index (Phi) is 3.82. The molecule has 2 aliphatic rings. The third-order valence-corrected chi connectivity index (χ3v) is 4.72. The second kappa shape index (κ2) is 5.98. The zero-order valence-electron chi connectivity index (χ0n) is 12.4. The minimum Gasteiger partial charge on any atom is -0.477 e. The third kappa shape index (κ3) is 2.86. The molecule has 0 spiro atoms. The Balaban J connectivity index is 1.46. The Labute approximate surface area is 141 Å². The average Bonchev–Trinajstić information content (AvgIpc) is 3.11. The fraction of sp³-hybridized carbons (Fsp3) is 0.375. The highest BCUT2D eigenvalue weighted by Gasteiger charge is 2.35. The van der Waals surface area contributed by atoms with Crippen molar-refractivity contribution >= 4 is 21.7 Å². The summed E-state index contributed by atoms with van der Waals surface area (Å²) in [5.41, 5.74) is 0.926. The molecule has 0 saturated carbocycles. The molecule has 0 bridgehead atoms. The Bertz CT molecular complexity index is 775. The first-order valence-corrected chi connectivity index (χ1v) is 8.33. The number of benzene rings is 1. The highest BCUT2D eigenvalue weighted by atomic mass is 79.9. The lowest BCUT2D eigenvalue weighted by atomic mass is 10.2. The Morgan fingerprint density at radius 3 is 3.00 bits per heavy atom. The van der Waals surface area contributed by atoms with E-state index in [2.05, 4.69) is 25.8 Å². The van der Waals surface area contributed by atoms with Crippen LogP contribution < -0.4 is 15.3 Å². The van der Waals surface area contributed by atoms with Crippen LogP contribution in [0.15, 0.2) is 39.6 Å². The van der Waals surface area contributed by atoms with Crippen LogP contribution in [0.2, 0.25) is 0 Å². The number of halogens is 1. The van der Waals surface area contributed by atoms with Gasteiger partial charge in [-0.05, 0) is 17.7 Å². The van der Waals surface area contributed by atoms with Crippen molar-refractivity contribution in [3.05, 3.63) is 50.9 Å². The van der Waals surface area contributed by atoms with Crippen molar-refractivity contribution in [1.82, 2.24) is 9.55 Å². The van der Waals surface area contributed by atoms with E-state index in [1.165, 1.54) is 5.56 Å². The first-order valence-electron chi connectivity index (χ1n) is 7.54. The Morgan fingerprint density at radius 2 is 2.17 bits per heavy atom. The molecule has 4 rings (SSSR count). The summed E-state index contributed by atoms with van der Waals surface area (Å²) in [4.78, 5) is 18.2. The van der Waals surface area contributed by atoms with Gasteiger partial charge in [0.15, 0.2) is 0 Å². The second-order valence-corrected chi connectivity index (χ2v) is 6.61. The first-order chi connectivity index (χ1) is 11.2. The van der Waals surface area contributed by atoms with E-state index in [1.807, 2.05) is 30.3 Å². The summed E-state index contributed by atoms with van der Waals surface area (Å²) in [7, 11) is 0. The molecule has 23 heavy (non-hydrogen) atoms. The molecule has 3 heterocycles. The van der Waals surface area contributed by atoms with E-state index in [-0.39, 0.29) is 11.7 Å². The summed E-state index contributed by atoms with van der Waals surface area (Å²) in [6.07, 6.45) is 0.767. The molecule has 1 aromatic heterocycles. The number of fused-ring (bicyclic) bond motifs is 3. The number of nitrogens with zero attached hydrogens (tertiary/aromatic N) is 3. The molecular formula is C16H16BrN3O3. The topological polar surface area (TPSA) is 56.6 Å². The van der Waals surface area contributed by atoms with E-state index in [0.717, 1.165) is 16.7 Å². The van der Waals surface area contributed by atoms with Crippen LogP contribution in [0.4, 0.5) is 5.82 Å². The Hall–Kier alpha value is -1.86. The zero-order valence-corrected chi connectivity index (χ0v) is 14.0. The number of ether oxygens (including phenoxy) is 2. The van der Waals surface area contributed by atoms with Gasteiger partial charge in [0, 0.05) is 17.0 Å². The summed E-state index contributed by atoms with van der Waals surface area (Å²) in [6.45, 7) is 2.30. The van der Waals surface area contributed by atoms with Crippen molar-refractivity contribution < 1.29 is 9.47 Å². The maximum absolute atomic E-state index is 12.1. The highest BCUT2D eigenvalue weighted by Crippen LogP contribution is 2.29. The summed E-state index contributed by atoms with van der Waals surface area (Å²) >= 11 is 3.42. The van der Waals surface area contributed by atoms with Crippen LogP contribution in [0, 0.1) is 0 Å². The average molecular weight is 378 g/mol. The smallest absolute Gasteiger partial charge is 0.352 e. The molecule has 2 aliphatic heterocycles. The van der Waals surface area contributed by atoms with Crippen LogP contribution in [0.25, 0.3) is 0 Å². The van der Waals surface area contributed by atoms with Gasteiger partial charge in [-0.2, -0.15) is 4.98 Å². The van der Waals surface area contributed by atoms with E-state index in [4.69, 9.17) is 9.47 Å². The largest absolute Gasteiger partial charge is 0.477 e. The molecule has 0 radical (unpaired) electrons. The first kappa shape index (κ1) is 14.7. The zero-order chi connectivity index (χ0) is 15.8. The van der Waals surface area contributed by atoms with E-state index < -0.39 is 0 Å². The monoisotopic (exact) mass is 377 g/mol. The third-order valence-electron chi connectivity index (χ3n) is 4.19. The van der Waals surface area contributed by atoms with Gasteiger partial charge in [-0.25, -0.2) is 4.79 Å². The Morgan fingerprint density at radius 1 is 1.35 bits per heavy atom. The molecule has 0 N–H and O–H groups in total. The fourth-order valence-electron chi connectivity index (χ4n) is 2.98. The molecule has 0 aliphatic carbocycles. The van der Waals surface area contributed by atoms with Gasteiger partial charge in [0.05, 0.1) is 25.8 Å². The van der Waals surface area contributed by atoms with E-state index in [0.29, 0.717) is 32.4 Å². The number of rotatable bonds is 4. The van der Waals surface area contributed by atoms with Crippen LogP contribution in [0.3, 0.4) is 0 Å². The van der Waals surface area contributed by atoms with Crippen molar-refractivity contribution in [2.45, 2.75) is 19.0 Å². The lowest BCUT2D eigenvalue weighted by Crippen LogP contribution is -2.26. The van der Waals surface area contributed by atoms with Gasteiger partial charge in [0.2, 0.25) is 5.88 Å². The number of aromatic nitrogens is 2. The van der Waals surface area contributed by atoms with E-state index >= 15 is 0 Å². The van der Waals surface area contributed by atoms with Gasteiger partial charge < -0.3 is 14.4 Å². The molecule has 1 atom stereocenters. The van der Waals surface area contributed by atoms with Crippen LogP contribution in [0.1, 0.15) is 5.56 Å². The van der Waals surface area contributed by atoms with E-state index in [1.54, 1.807) is 4.57 Å². The molecule has 0 amide bonds. The lowest BCUT2D eigenvalue weighted by molar-refractivity contribution is 0.189. The summed E-state index contributed by atoms with van der Waals surface area (Å²) in [6, 6.07) is 10.2. The molecule has 2 aromatic rings. The maximum Gasteiger partial charge on any atom is 0.352 e. The summed E-state index contributed by atoms with van der Waals surface area (Å²) in [5, 5.41) is 0. The van der Waals surface area contributed by atoms with Gasteiger partial charge in [0.25, 0.3) is 0 Å². The highest BCUT2D eigenvalue weighted by molar-refractivity contribution is 9.10. The SMILES string of the molecule is O=c1nc(OCCc2ccc(Br)cc2)cc2n1C[C@H]1COCN21. The fourth-order valence-corrected chi connectivity index (χ4v) is 3.24. The molecule has 0 unspecified atom stereocenters. The second-order valence-electron chi connectivity index (χ2n) is 5.69. The van der Waals surface area contributed by atoms with Crippen molar-refractivity contribution in [1.29, 1.82) is 0 Å². The standard InChI is InChI=1S/C16H16BrN3O3/c17-12-3-1-11(2-4-12)5-6-23-14-7-15-19(16(21)18-14)8-13-9-22-10-20(13)15/h1-4,7,13H,5-6,8-10H2/t13-/m0/s1. The maximum atomic E-state index is 12.1. The number of anilines is 1. The van der Waals surface area contributed by atoms with Crippen molar-refractivity contribution in [3.8, 4) is 5.88 Å². The van der Waals surface area contributed by atoms with E-state index in [9.17, 15) is 4.79 Å². The lowest BCUT2D eigenvalue weighted by Gasteiger charge is -2.15. The molecule has 6 nitrogen and oxygen atoms in total. The predicted octanol–water partition coefficient (Wildman–Crippen LogP) is 1.80.